The largest absolute Gasteiger partial charge is 0.356 e. The Morgan fingerprint density at radius 2 is 1.03 bits per heavy atom. The zero-order valence-electron chi connectivity index (χ0n) is 20.7. The third-order valence-electron chi connectivity index (χ3n) is 8.33. The Bertz CT molecular complexity index is 994. The summed E-state index contributed by atoms with van der Waals surface area (Å²) in [6.07, 6.45) is 5.01. The van der Waals surface area contributed by atoms with Gasteiger partial charge in [-0.25, -0.2) is 0 Å². The summed E-state index contributed by atoms with van der Waals surface area (Å²) in [6, 6.07) is 12.0. The molecular weight excluding hydrogens is 361 g/mol. The van der Waals surface area contributed by atoms with Gasteiger partial charge in [-0.15, -0.1) is 0 Å². The lowest BCUT2D eigenvalue weighted by Gasteiger charge is -2.43. The number of hydrogen-bond acceptors (Lipinski definition) is 1. The second-order valence-electron chi connectivity index (χ2n) is 12.6. The van der Waals surface area contributed by atoms with Gasteiger partial charge in [0, 0.05) is 11.4 Å². The SMILES string of the molecule is Bc1cc2c(cc1Nc1ccc3c(c1)C(C)(C)CCC3(C)C)C(C)(C)CCC2(C)C. The highest BCUT2D eigenvalue weighted by molar-refractivity contribution is 6.36. The molecule has 0 aromatic heterocycles. The Balaban J connectivity index is 1.76. The Morgan fingerprint density at radius 1 is 0.600 bits per heavy atom. The van der Waals surface area contributed by atoms with Crippen LogP contribution in [0.5, 0.6) is 0 Å². The third kappa shape index (κ3) is 3.51. The lowest BCUT2D eigenvalue weighted by atomic mass is 9.62. The molecule has 0 unspecified atom stereocenters. The van der Waals surface area contributed by atoms with Gasteiger partial charge in [-0.1, -0.05) is 73.0 Å². The average molecular weight is 401 g/mol. The molecule has 4 rings (SSSR count). The van der Waals surface area contributed by atoms with Crippen molar-refractivity contribution in [3.8, 4) is 0 Å². The van der Waals surface area contributed by atoms with E-state index in [1.54, 1.807) is 0 Å². The maximum Gasteiger partial charge on any atom is 0.142 e. The first-order valence-electron chi connectivity index (χ1n) is 11.8. The summed E-state index contributed by atoms with van der Waals surface area (Å²) in [5.74, 6) is 0. The Kier molecular flexibility index (Phi) is 4.77. The molecule has 2 aliphatic carbocycles. The van der Waals surface area contributed by atoms with Gasteiger partial charge in [0.1, 0.15) is 7.85 Å². The molecule has 0 radical (unpaired) electrons. The normalized spacial score (nSPS) is 22.7. The van der Waals surface area contributed by atoms with Crippen LogP contribution in [0.1, 0.15) is 103 Å². The number of anilines is 2. The van der Waals surface area contributed by atoms with Gasteiger partial charge >= 0.3 is 0 Å². The monoisotopic (exact) mass is 401 g/mol. The van der Waals surface area contributed by atoms with E-state index in [0.29, 0.717) is 0 Å². The highest BCUT2D eigenvalue weighted by atomic mass is 14.9. The molecule has 1 N–H and O–H groups in total. The van der Waals surface area contributed by atoms with Gasteiger partial charge in [0.2, 0.25) is 0 Å². The zero-order valence-corrected chi connectivity index (χ0v) is 20.7. The molecule has 2 aromatic carbocycles. The Hall–Kier alpha value is -1.70. The minimum Gasteiger partial charge on any atom is -0.356 e. The Morgan fingerprint density at radius 3 is 1.57 bits per heavy atom. The van der Waals surface area contributed by atoms with Gasteiger partial charge in [-0.3, -0.25) is 0 Å². The topological polar surface area (TPSA) is 12.0 Å². The summed E-state index contributed by atoms with van der Waals surface area (Å²) in [5.41, 5.74) is 10.9. The molecule has 0 heterocycles. The smallest absolute Gasteiger partial charge is 0.142 e. The molecule has 2 heteroatoms. The summed E-state index contributed by atoms with van der Waals surface area (Å²) in [5, 5.41) is 3.80. The molecule has 30 heavy (non-hydrogen) atoms. The molecule has 0 atom stereocenters. The van der Waals surface area contributed by atoms with E-state index in [-0.39, 0.29) is 21.7 Å². The first-order valence-corrected chi connectivity index (χ1v) is 11.8. The van der Waals surface area contributed by atoms with Crippen LogP contribution in [-0.4, -0.2) is 7.85 Å². The summed E-state index contributed by atoms with van der Waals surface area (Å²) in [7, 11) is 2.26. The summed E-state index contributed by atoms with van der Waals surface area (Å²) >= 11 is 0. The van der Waals surface area contributed by atoms with Crippen LogP contribution in [-0.2, 0) is 21.7 Å². The van der Waals surface area contributed by atoms with E-state index in [2.05, 4.69) is 98.9 Å². The van der Waals surface area contributed by atoms with E-state index in [9.17, 15) is 0 Å². The first kappa shape index (κ1) is 21.5. The van der Waals surface area contributed by atoms with Crippen molar-refractivity contribution in [1.82, 2.24) is 0 Å². The van der Waals surface area contributed by atoms with Crippen molar-refractivity contribution in [3.05, 3.63) is 52.6 Å². The summed E-state index contributed by atoms with van der Waals surface area (Å²) in [6.45, 7) is 19.2. The van der Waals surface area contributed by atoms with Crippen LogP contribution >= 0.6 is 0 Å². The molecule has 160 valence electrons. The predicted molar refractivity (Wildman–Crippen MR) is 135 cm³/mol. The van der Waals surface area contributed by atoms with E-state index < -0.39 is 0 Å². The molecule has 0 fully saturated rings. The minimum atomic E-state index is 0.233. The Labute approximate surface area is 185 Å². The number of rotatable bonds is 2. The van der Waals surface area contributed by atoms with Gasteiger partial charge < -0.3 is 5.32 Å². The number of fused-ring (bicyclic) bond motifs is 2. The highest BCUT2D eigenvalue weighted by Crippen LogP contribution is 2.48. The van der Waals surface area contributed by atoms with Crippen LogP contribution in [0.2, 0.25) is 0 Å². The van der Waals surface area contributed by atoms with Crippen LogP contribution in [0.3, 0.4) is 0 Å². The van der Waals surface area contributed by atoms with Crippen LogP contribution in [0.4, 0.5) is 11.4 Å². The summed E-state index contributed by atoms with van der Waals surface area (Å²) in [4.78, 5) is 0. The van der Waals surface area contributed by atoms with Gasteiger partial charge in [-0.05, 0) is 87.8 Å². The van der Waals surface area contributed by atoms with Crippen LogP contribution < -0.4 is 10.8 Å². The first-order chi connectivity index (χ1) is 13.7. The third-order valence-corrected chi connectivity index (χ3v) is 8.33. The standard InChI is InChI=1S/C28H40BN/c1-25(2)11-12-26(3,4)20-15-18(9-10-19(20)25)30-24-17-22-21(16-23(24)29)27(5,6)13-14-28(22,7)8/h9-10,15-17,30H,11-14,29H2,1-8H3. The van der Waals surface area contributed by atoms with Gasteiger partial charge in [0.25, 0.3) is 0 Å². The van der Waals surface area contributed by atoms with Crippen molar-refractivity contribution in [1.29, 1.82) is 0 Å². The van der Waals surface area contributed by atoms with Crippen molar-refractivity contribution < 1.29 is 0 Å². The lowest BCUT2D eigenvalue weighted by Crippen LogP contribution is -2.35. The fourth-order valence-corrected chi connectivity index (χ4v) is 5.68. The maximum atomic E-state index is 3.80. The van der Waals surface area contributed by atoms with Gasteiger partial charge in [-0.2, -0.15) is 0 Å². The van der Waals surface area contributed by atoms with Crippen LogP contribution in [0.15, 0.2) is 30.3 Å². The number of hydrogen-bond donors (Lipinski definition) is 1. The fourth-order valence-electron chi connectivity index (χ4n) is 5.68. The number of benzene rings is 2. The van der Waals surface area contributed by atoms with Crippen molar-refractivity contribution in [3.63, 3.8) is 0 Å². The molecule has 0 spiro atoms. The van der Waals surface area contributed by atoms with Crippen molar-refractivity contribution >= 4 is 24.7 Å². The quantitative estimate of drug-likeness (QED) is 0.575. The van der Waals surface area contributed by atoms with Crippen molar-refractivity contribution in [2.24, 2.45) is 0 Å². The second-order valence-corrected chi connectivity index (χ2v) is 12.6. The van der Waals surface area contributed by atoms with Crippen molar-refractivity contribution in [2.45, 2.75) is 103 Å². The van der Waals surface area contributed by atoms with Gasteiger partial charge in [0.15, 0.2) is 0 Å². The lowest BCUT2D eigenvalue weighted by molar-refractivity contribution is 0.332. The van der Waals surface area contributed by atoms with E-state index in [1.165, 1.54) is 64.8 Å². The van der Waals surface area contributed by atoms with Gasteiger partial charge in [0.05, 0.1) is 0 Å². The van der Waals surface area contributed by atoms with E-state index >= 15 is 0 Å². The van der Waals surface area contributed by atoms with Crippen LogP contribution in [0.25, 0.3) is 0 Å². The molecule has 2 aromatic rings. The predicted octanol–water partition coefficient (Wildman–Crippen LogP) is 6.39. The van der Waals surface area contributed by atoms with E-state index in [0.717, 1.165) is 0 Å². The molecule has 0 saturated carbocycles. The van der Waals surface area contributed by atoms with E-state index in [1.807, 2.05) is 0 Å². The second kappa shape index (κ2) is 6.65. The minimum absolute atomic E-state index is 0.233. The fraction of sp³-hybridized carbons (Fsp3) is 0.571. The summed E-state index contributed by atoms with van der Waals surface area (Å²) < 4.78 is 0. The molecule has 0 aliphatic heterocycles. The molecular formula is C28H40BN. The van der Waals surface area contributed by atoms with E-state index in [4.69, 9.17) is 0 Å². The zero-order chi connectivity index (χ0) is 22.1. The molecule has 0 saturated heterocycles. The number of nitrogens with one attached hydrogen (secondary N) is 1. The van der Waals surface area contributed by atoms with Crippen molar-refractivity contribution in [2.75, 3.05) is 5.32 Å². The average Bonchev–Trinajstić information content (AvgIpc) is 2.64. The maximum absolute atomic E-state index is 3.80. The molecule has 0 amide bonds. The molecule has 1 nitrogen and oxygen atoms in total. The molecule has 0 bridgehead atoms. The highest BCUT2D eigenvalue weighted by Gasteiger charge is 2.38. The molecule has 2 aliphatic rings. The van der Waals surface area contributed by atoms with Crippen LogP contribution in [0, 0.1) is 0 Å².